The molecular weight excluding hydrogens is 1290 g/mol. The van der Waals surface area contributed by atoms with Crippen LogP contribution in [0.3, 0.4) is 0 Å². The molecule has 0 aliphatic heterocycles. The summed E-state index contributed by atoms with van der Waals surface area (Å²) in [5.41, 5.74) is -4.67. The summed E-state index contributed by atoms with van der Waals surface area (Å²) in [5.74, 6) is -2.61. The number of unbranched alkanes of at least 4 members (excludes halogenated alkanes) is 57. The predicted molar refractivity (Wildman–Crippen MR) is 424 cm³/mol. The van der Waals surface area contributed by atoms with Gasteiger partial charge < -0.3 is 40.9 Å². The molecule has 0 aromatic carbocycles. The van der Waals surface area contributed by atoms with Crippen molar-refractivity contribution in [3.8, 4) is 0 Å². The second-order valence-electron chi connectivity index (χ2n) is 28.9. The third-order valence-corrected chi connectivity index (χ3v) is 19.3. The molecule has 1 aliphatic rings. The zero-order chi connectivity index (χ0) is 76.8. The maximum Gasteiger partial charge on any atom is 0.337 e. The number of aliphatic hydroxyl groups is 4. The van der Waals surface area contributed by atoms with Crippen LogP contribution in [0.5, 0.6) is 0 Å². The van der Waals surface area contributed by atoms with Crippen LogP contribution in [0.1, 0.15) is 451 Å². The summed E-state index contributed by atoms with van der Waals surface area (Å²) in [7, 11) is 0. The van der Waals surface area contributed by atoms with E-state index in [4.69, 9.17) is 40.9 Å². The number of aliphatic carboxylic acids is 4. The highest BCUT2D eigenvalue weighted by Gasteiger charge is 2.68. The van der Waals surface area contributed by atoms with E-state index in [9.17, 15) is 39.4 Å². The number of aliphatic hydroxyl groups excluding tert-OH is 4. The highest BCUT2D eigenvalue weighted by Crippen LogP contribution is 2.34. The van der Waals surface area contributed by atoms with Gasteiger partial charge >= 0.3 is 35.0 Å². The van der Waals surface area contributed by atoms with Crippen molar-refractivity contribution in [1.29, 1.82) is 0 Å². The molecule has 2 atom stereocenters. The van der Waals surface area contributed by atoms with Crippen LogP contribution >= 0.6 is 0 Å². The lowest BCUT2D eigenvalue weighted by atomic mass is 9.75. The molecule has 0 saturated carbocycles. The quantitative estimate of drug-likeness (QED) is 0.0159. The number of allylic oxidation sites excluding steroid dienone is 2. The number of hydrogen-bond acceptors (Lipinski definition) is 12. The second-order valence-corrected chi connectivity index (χ2v) is 28.9. The molecule has 18 nitrogen and oxygen atoms in total. The molecule has 1 rings (SSSR count). The van der Waals surface area contributed by atoms with Gasteiger partial charge in [-0.15, -0.1) is 0 Å². The minimum atomic E-state index is -2.33. The standard InChI is InChI=1S/4C18H36O2.C8H10N2O6.C4H10O2/c4*1-2-3-4-5-6-7-8-9-10-11-12-13-14-15-16-17-18(19)20;11-5-7(9(13)14)3-1-2-4-8(7,6-12)10(15)16;5-3-1-2-4-6/h4*2-17H2,1H3,(H,19,20);1-4,11-12H,5-6H2;5-6H,1-4H2. The largest absolute Gasteiger partial charge is 0.481 e. The predicted octanol–water partition coefficient (Wildman–Crippen LogP) is 24.2. The maximum absolute atomic E-state index is 10.9. The van der Waals surface area contributed by atoms with Gasteiger partial charge in [-0.05, 0) is 38.5 Å². The molecule has 2 unspecified atom stereocenters. The van der Waals surface area contributed by atoms with Crippen LogP contribution in [0.4, 0.5) is 0 Å². The van der Waals surface area contributed by atoms with E-state index in [1.54, 1.807) is 0 Å². The minimum absolute atomic E-state index is 0.195. The Labute approximate surface area is 624 Å². The van der Waals surface area contributed by atoms with Crippen LogP contribution < -0.4 is 0 Å². The van der Waals surface area contributed by atoms with Crippen molar-refractivity contribution < 1.29 is 69.9 Å². The molecule has 0 aromatic rings. The number of hydrogen-bond donors (Lipinski definition) is 8. The topological polar surface area (TPSA) is 316 Å². The Morgan fingerprint density at radius 3 is 0.471 bits per heavy atom. The van der Waals surface area contributed by atoms with Crippen LogP contribution in [-0.4, -0.2) is 112 Å². The van der Waals surface area contributed by atoms with Crippen molar-refractivity contribution in [3.63, 3.8) is 0 Å². The van der Waals surface area contributed by atoms with Gasteiger partial charge in [-0.1, -0.05) is 399 Å². The molecule has 8 N–H and O–H groups in total. The number of carboxylic acid groups (broad SMARTS) is 4. The fraction of sp³-hybridized carbons (Fsp3) is 0.905. The highest BCUT2D eigenvalue weighted by atomic mass is 16.7. The Morgan fingerprint density at radius 1 is 0.245 bits per heavy atom. The number of rotatable bonds is 71. The first-order chi connectivity index (χ1) is 49.5. The van der Waals surface area contributed by atoms with Gasteiger partial charge in [0.1, 0.15) is 13.2 Å². The smallest absolute Gasteiger partial charge is 0.337 e. The van der Waals surface area contributed by atoms with Crippen molar-refractivity contribution in [2.75, 3.05) is 26.4 Å². The van der Waals surface area contributed by atoms with Gasteiger partial charge in [0, 0.05) is 60.9 Å². The summed E-state index contributed by atoms with van der Waals surface area (Å²) in [6, 6.07) is 0. The first kappa shape index (κ1) is 107. The number of carboxylic acids is 4. The van der Waals surface area contributed by atoms with Gasteiger partial charge in [-0.2, -0.15) is 0 Å². The molecule has 0 spiro atoms. The van der Waals surface area contributed by atoms with Gasteiger partial charge in [0.15, 0.2) is 0 Å². The van der Waals surface area contributed by atoms with Crippen LogP contribution in [0, 0.1) is 20.2 Å². The third kappa shape index (κ3) is 81.7. The van der Waals surface area contributed by atoms with Crippen molar-refractivity contribution in [2.24, 2.45) is 0 Å². The summed E-state index contributed by atoms with van der Waals surface area (Å²) < 4.78 is 0. The monoisotopic (exact) mass is 1460 g/mol. The average molecular weight is 1460 g/mol. The Hall–Kier alpha value is -4.00. The average Bonchev–Trinajstić information content (AvgIpc) is 0.746. The van der Waals surface area contributed by atoms with E-state index in [0.717, 1.165) is 76.4 Å². The third-order valence-electron chi connectivity index (χ3n) is 19.3. The fourth-order valence-electron chi connectivity index (χ4n) is 12.5. The lowest BCUT2D eigenvalue weighted by Gasteiger charge is -2.32. The van der Waals surface area contributed by atoms with Crippen molar-refractivity contribution >= 4 is 23.9 Å². The maximum atomic E-state index is 10.9. The Bertz CT molecular complexity index is 1620. The van der Waals surface area contributed by atoms with Gasteiger partial charge in [-0.25, -0.2) is 0 Å². The molecule has 0 radical (unpaired) electrons. The molecule has 1 aliphatic carbocycles. The molecule has 18 heteroatoms. The second kappa shape index (κ2) is 89.4. The van der Waals surface area contributed by atoms with Crippen LogP contribution in [0.25, 0.3) is 0 Å². The number of nitro groups is 2. The van der Waals surface area contributed by atoms with Crippen molar-refractivity contribution in [3.05, 3.63) is 44.5 Å². The molecular formula is C84H164N2O16. The number of nitrogens with zero attached hydrogens (tertiary/aromatic N) is 2. The zero-order valence-corrected chi connectivity index (χ0v) is 66.5. The summed E-state index contributed by atoms with van der Waals surface area (Å²) in [5, 5.41) is 90.3. The Kier molecular flexibility index (Phi) is 93.4. The van der Waals surface area contributed by atoms with Crippen molar-refractivity contribution in [2.45, 2.75) is 463 Å². The Morgan fingerprint density at radius 2 is 0.373 bits per heavy atom. The fourth-order valence-corrected chi connectivity index (χ4v) is 12.5. The van der Waals surface area contributed by atoms with Gasteiger partial charge in [-0.3, -0.25) is 39.4 Å². The first-order valence-electron chi connectivity index (χ1n) is 42.4. The summed E-state index contributed by atoms with van der Waals surface area (Å²) >= 11 is 0. The van der Waals surface area contributed by atoms with Gasteiger partial charge in [0.25, 0.3) is 0 Å². The molecule has 0 aromatic heterocycles. The molecule has 102 heavy (non-hydrogen) atoms. The van der Waals surface area contributed by atoms with E-state index in [1.165, 1.54) is 346 Å². The van der Waals surface area contributed by atoms with Crippen LogP contribution in [0.2, 0.25) is 0 Å². The van der Waals surface area contributed by atoms with Crippen LogP contribution in [-0.2, 0) is 19.2 Å². The highest BCUT2D eigenvalue weighted by molar-refractivity contribution is 5.67. The zero-order valence-electron chi connectivity index (χ0n) is 66.5. The van der Waals surface area contributed by atoms with E-state index in [2.05, 4.69) is 27.7 Å². The Balaban J connectivity index is -0.000000377. The van der Waals surface area contributed by atoms with Crippen LogP contribution in [0.15, 0.2) is 24.3 Å². The van der Waals surface area contributed by atoms with E-state index in [0.29, 0.717) is 25.7 Å². The lowest BCUT2D eigenvalue weighted by Crippen LogP contribution is -2.66. The summed E-state index contributed by atoms with van der Waals surface area (Å²) in [6.45, 7) is 7.34. The minimum Gasteiger partial charge on any atom is -0.481 e. The molecule has 0 saturated heterocycles. The summed E-state index contributed by atoms with van der Waals surface area (Å²) in [6.07, 6.45) is 86.5. The van der Waals surface area contributed by atoms with E-state index in [-0.39, 0.29) is 13.2 Å². The molecule has 0 amide bonds. The van der Waals surface area contributed by atoms with E-state index >= 15 is 0 Å². The van der Waals surface area contributed by atoms with Gasteiger partial charge in [0.05, 0.1) is 0 Å². The molecule has 0 fully saturated rings. The van der Waals surface area contributed by atoms with E-state index < -0.39 is 58.0 Å². The normalized spacial score (nSPS) is 14.2. The van der Waals surface area contributed by atoms with Crippen molar-refractivity contribution in [1.82, 2.24) is 0 Å². The summed E-state index contributed by atoms with van der Waals surface area (Å²) in [4.78, 5) is 61.3. The first-order valence-corrected chi connectivity index (χ1v) is 42.4. The van der Waals surface area contributed by atoms with Gasteiger partial charge in [0.2, 0.25) is 0 Å². The lowest BCUT2D eigenvalue weighted by molar-refractivity contribution is -0.669. The molecule has 0 heterocycles. The molecule has 0 bridgehead atoms. The molecule has 606 valence electrons. The number of carbonyl (C=O) groups is 4. The SMILES string of the molecule is CCCCCCCCCCCCCCCCCC(=O)O.CCCCCCCCCCCCCCCCCC(=O)O.CCCCCCCCCCCCCCCCCC(=O)O.CCCCCCCCCCCCCCCCCC(=O)O.O=[N+]([O-])C1(CO)C=CC=CC1(CO)[N+](=O)[O-].OCCCCO. The van der Waals surface area contributed by atoms with E-state index in [1.807, 2.05) is 0 Å².